The Bertz CT molecular complexity index is 643. The molecule has 0 fully saturated rings. The first kappa shape index (κ1) is 9.86. The van der Waals surface area contributed by atoms with Crippen LogP contribution < -0.4 is 5.73 Å². The van der Waals surface area contributed by atoms with Gasteiger partial charge in [0, 0.05) is 6.20 Å². The molecule has 0 unspecified atom stereocenters. The van der Waals surface area contributed by atoms with Gasteiger partial charge in [-0.1, -0.05) is 6.07 Å². The van der Waals surface area contributed by atoms with Gasteiger partial charge in [0.25, 0.3) is 0 Å². The van der Waals surface area contributed by atoms with Gasteiger partial charge in [-0.25, -0.2) is 4.98 Å². The summed E-state index contributed by atoms with van der Waals surface area (Å²) in [6.45, 7) is 0. The molecule has 0 saturated heterocycles. The van der Waals surface area contributed by atoms with E-state index in [9.17, 15) is 0 Å². The molecule has 16 heavy (non-hydrogen) atoms. The molecule has 0 aliphatic heterocycles. The molecule has 3 nitrogen and oxygen atoms in total. The Hall–Kier alpha value is -1.33. The van der Waals surface area contributed by atoms with E-state index in [0.29, 0.717) is 0 Å². The molecular formula is C11H8BrN3S. The second kappa shape index (κ2) is 3.61. The van der Waals surface area contributed by atoms with Gasteiger partial charge in [0.15, 0.2) is 5.82 Å². The number of aromatic nitrogens is 2. The van der Waals surface area contributed by atoms with E-state index in [2.05, 4.69) is 27.0 Å². The van der Waals surface area contributed by atoms with Gasteiger partial charge in [-0.3, -0.25) is 4.40 Å². The van der Waals surface area contributed by atoms with Crippen LogP contribution in [0.1, 0.15) is 0 Å². The number of imidazole rings is 1. The lowest BCUT2D eigenvalue weighted by Gasteiger charge is -2.00. The monoisotopic (exact) mass is 293 g/mol. The number of pyridine rings is 1. The standard InChI is InChI=1S/C11H8BrN3S/c12-10-9-7(13)3-1-5-15(9)11(14-10)8-4-2-6-16-8/h1-6H,13H2. The predicted molar refractivity (Wildman–Crippen MR) is 70.6 cm³/mol. The summed E-state index contributed by atoms with van der Waals surface area (Å²) in [5.74, 6) is 0.921. The first-order chi connectivity index (χ1) is 7.77. The van der Waals surface area contributed by atoms with Crippen LogP contribution in [0.25, 0.3) is 16.2 Å². The summed E-state index contributed by atoms with van der Waals surface area (Å²) >= 11 is 5.11. The molecule has 0 atom stereocenters. The number of hydrogen-bond acceptors (Lipinski definition) is 3. The van der Waals surface area contributed by atoms with Crippen LogP contribution in [0.2, 0.25) is 0 Å². The highest BCUT2D eigenvalue weighted by Gasteiger charge is 2.12. The third-order valence-electron chi connectivity index (χ3n) is 2.39. The SMILES string of the molecule is Nc1cccn2c(-c3cccs3)nc(Br)c12. The first-order valence-corrected chi connectivity index (χ1v) is 6.40. The third-order valence-corrected chi connectivity index (χ3v) is 3.81. The van der Waals surface area contributed by atoms with Crippen LogP contribution in [-0.2, 0) is 0 Å². The van der Waals surface area contributed by atoms with Crippen molar-refractivity contribution in [1.29, 1.82) is 0 Å². The van der Waals surface area contributed by atoms with E-state index in [-0.39, 0.29) is 0 Å². The molecule has 80 valence electrons. The van der Waals surface area contributed by atoms with Gasteiger partial charge in [-0.05, 0) is 39.5 Å². The molecule has 3 aromatic rings. The largest absolute Gasteiger partial charge is 0.397 e. The Morgan fingerprint density at radius 3 is 2.94 bits per heavy atom. The molecular weight excluding hydrogens is 286 g/mol. The fourth-order valence-electron chi connectivity index (χ4n) is 1.70. The maximum atomic E-state index is 5.94. The summed E-state index contributed by atoms with van der Waals surface area (Å²) in [5, 5.41) is 2.04. The molecule has 0 spiro atoms. The van der Waals surface area contributed by atoms with Crippen LogP contribution in [0.5, 0.6) is 0 Å². The summed E-state index contributed by atoms with van der Waals surface area (Å²) in [5.41, 5.74) is 7.59. The summed E-state index contributed by atoms with van der Waals surface area (Å²) in [4.78, 5) is 5.63. The van der Waals surface area contributed by atoms with Gasteiger partial charge in [-0.15, -0.1) is 11.3 Å². The van der Waals surface area contributed by atoms with E-state index in [1.807, 2.05) is 34.2 Å². The number of hydrogen-bond donors (Lipinski definition) is 1. The zero-order valence-electron chi connectivity index (χ0n) is 8.22. The molecule has 0 saturated carbocycles. The lowest BCUT2D eigenvalue weighted by molar-refractivity contribution is 1.17. The van der Waals surface area contributed by atoms with Crippen molar-refractivity contribution in [3.8, 4) is 10.7 Å². The van der Waals surface area contributed by atoms with Crippen molar-refractivity contribution in [2.24, 2.45) is 0 Å². The van der Waals surface area contributed by atoms with Crippen LogP contribution in [0, 0.1) is 0 Å². The maximum Gasteiger partial charge on any atom is 0.156 e. The molecule has 3 heterocycles. The Morgan fingerprint density at radius 2 is 2.19 bits per heavy atom. The quantitative estimate of drug-likeness (QED) is 0.747. The van der Waals surface area contributed by atoms with Crippen molar-refractivity contribution < 1.29 is 0 Å². The van der Waals surface area contributed by atoms with Gasteiger partial charge in [-0.2, -0.15) is 0 Å². The van der Waals surface area contributed by atoms with Crippen LogP contribution >= 0.6 is 27.3 Å². The van der Waals surface area contributed by atoms with Crippen molar-refractivity contribution in [3.63, 3.8) is 0 Å². The number of halogens is 1. The van der Waals surface area contributed by atoms with Crippen molar-refractivity contribution in [1.82, 2.24) is 9.38 Å². The van der Waals surface area contributed by atoms with Gasteiger partial charge < -0.3 is 5.73 Å². The van der Waals surface area contributed by atoms with Crippen molar-refractivity contribution in [2.75, 3.05) is 5.73 Å². The lowest BCUT2D eigenvalue weighted by Crippen LogP contribution is -1.92. The maximum absolute atomic E-state index is 5.94. The van der Waals surface area contributed by atoms with Gasteiger partial charge in [0.1, 0.15) is 10.1 Å². The number of nitrogen functional groups attached to an aromatic ring is 1. The predicted octanol–water partition coefficient (Wildman–Crippen LogP) is 3.41. The van der Waals surface area contributed by atoms with Crippen LogP contribution in [0.4, 0.5) is 5.69 Å². The summed E-state index contributed by atoms with van der Waals surface area (Å²) in [7, 11) is 0. The number of anilines is 1. The van der Waals surface area contributed by atoms with Gasteiger partial charge in [0.2, 0.25) is 0 Å². The van der Waals surface area contributed by atoms with E-state index in [0.717, 1.165) is 26.5 Å². The number of thiophene rings is 1. The Morgan fingerprint density at radius 1 is 1.31 bits per heavy atom. The minimum atomic E-state index is 0.727. The molecule has 3 rings (SSSR count). The van der Waals surface area contributed by atoms with E-state index in [1.165, 1.54) is 0 Å². The second-order valence-corrected chi connectivity index (χ2v) is 5.08. The lowest BCUT2D eigenvalue weighted by atomic mass is 10.3. The Labute approximate surface area is 105 Å². The minimum Gasteiger partial charge on any atom is -0.397 e. The molecule has 0 aliphatic carbocycles. The van der Waals surface area contributed by atoms with Crippen molar-refractivity contribution >= 4 is 38.5 Å². The molecule has 0 amide bonds. The summed E-state index contributed by atoms with van der Waals surface area (Å²) in [6, 6.07) is 7.86. The molecule has 0 aliphatic rings. The molecule has 0 bridgehead atoms. The molecule has 0 aromatic carbocycles. The number of nitrogens with zero attached hydrogens (tertiary/aromatic N) is 2. The molecule has 0 radical (unpaired) electrons. The third kappa shape index (κ3) is 1.36. The fourth-order valence-corrected chi connectivity index (χ4v) is 3.00. The van der Waals surface area contributed by atoms with E-state index >= 15 is 0 Å². The van der Waals surface area contributed by atoms with E-state index in [1.54, 1.807) is 11.3 Å². The topological polar surface area (TPSA) is 43.3 Å². The van der Waals surface area contributed by atoms with E-state index < -0.39 is 0 Å². The van der Waals surface area contributed by atoms with Crippen molar-refractivity contribution in [2.45, 2.75) is 0 Å². The highest BCUT2D eigenvalue weighted by molar-refractivity contribution is 9.10. The first-order valence-electron chi connectivity index (χ1n) is 4.73. The normalized spacial score (nSPS) is 11.1. The second-order valence-electron chi connectivity index (χ2n) is 3.39. The minimum absolute atomic E-state index is 0.727. The number of nitrogens with two attached hydrogens (primary N) is 1. The number of rotatable bonds is 1. The summed E-state index contributed by atoms with van der Waals surface area (Å²) < 4.78 is 2.79. The van der Waals surface area contributed by atoms with Crippen LogP contribution in [0.15, 0.2) is 40.4 Å². The highest BCUT2D eigenvalue weighted by atomic mass is 79.9. The highest BCUT2D eigenvalue weighted by Crippen LogP contribution is 2.31. The molecule has 3 aromatic heterocycles. The average Bonchev–Trinajstić information content (AvgIpc) is 2.86. The fraction of sp³-hybridized carbons (Fsp3) is 0. The average molecular weight is 294 g/mol. The number of fused-ring (bicyclic) bond motifs is 1. The van der Waals surface area contributed by atoms with Crippen molar-refractivity contribution in [3.05, 3.63) is 40.4 Å². The Kier molecular flexibility index (Phi) is 2.22. The van der Waals surface area contributed by atoms with Crippen LogP contribution in [-0.4, -0.2) is 9.38 Å². The zero-order valence-corrected chi connectivity index (χ0v) is 10.6. The Balaban J connectivity index is 2.40. The molecule has 5 heteroatoms. The summed E-state index contributed by atoms with van der Waals surface area (Å²) in [6.07, 6.45) is 1.97. The van der Waals surface area contributed by atoms with Crippen LogP contribution in [0.3, 0.4) is 0 Å². The molecule has 2 N–H and O–H groups in total. The van der Waals surface area contributed by atoms with Gasteiger partial charge in [0.05, 0.1) is 10.6 Å². The zero-order chi connectivity index (χ0) is 11.1. The van der Waals surface area contributed by atoms with Gasteiger partial charge >= 0.3 is 0 Å². The van der Waals surface area contributed by atoms with E-state index in [4.69, 9.17) is 5.73 Å². The smallest absolute Gasteiger partial charge is 0.156 e.